The highest BCUT2D eigenvalue weighted by Crippen LogP contribution is 2.42. The van der Waals surface area contributed by atoms with Crippen molar-refractivity contribution in [2.24, 2.45) is 0 Å². The van der Waals surface area contributed by atoms with E-state index in [-0.39, 0.29) is 12.7 Å². The van der Waals surface area contributed by atoms with E-state index in [0.717, 1.165) is 39.1 Å². The van der Waals surface area contributed by atoms with Crippen LogP contribution >= 0.6 is 0 Å². The molecule has 132 valence electrons. The van der Waals surface area contributed by atoms with Crippen LogP contribution in [-0.2, 0) is 0 Å². The number of rotatable bonds is 1. The van der Waals surface area contributed by atoms with Crippen molar-refractivity contribution in [2.45, 2.75) is 0 Å². The molecular weight excluding hydrogens is 348 g/mol. The first-order chi connectivity index (χ1) is 13.8. The Balaban J connectivity index is 1.70. The molecule has 2 aliphatic heterocycles. The summed E-state index contributed by atoms with van der Waals surface area (Å²) in [4.78, 5) is 2.26. The summed E-state index contributed by atoms with van der Waals surface area (Å²) in [5.41, 5.74) is 7.18. The Bertz CT molecular complexity index is 1220. The van der Waals surface area contributed by atoms with Gasteiger partial charge in [0, 0.05) is 28.1 Å². The summed E-state index contributed by atoms with van der Waals surface area (Å²) in [5, 5.41) is 0. The van der Waals surface area contributed by atoms with Gasteiger partial charge in [-0.1, -0.05) is 60.7 Å². The first-order valence-corrected chi connectivity index (χ1v) is 9.35. The highest BCUT2D eigenvalue weighted by atomic mass is 19.1. The van der Waals surface area contributed by atoms with Gasteiger partial charge < -0.3 is 9.55 Å². The van der Waals surface area contributed by atoms with E-state index in [4.69, 9.17) is 4.65 Å². The number of para-hydroxylation sites is 3. The van der Waals surface area contributed by atoms with Crippen molar-refractivity contribution in [2.75, 3.05) is 4.90 Å². The molecule has 2 nitrogen and oxygen atoms in total. The molecule has 6 rings (SSSR count). The van der Waals surface area contributed by atoms with Crippen LogP contribution in [0.1, 0.15) is 0 Å². The summed E-state index contributed by atoms with van der Waals surface area (Å²) < 4.78 is 20.9. The summed E-state index contributed by atoms with van der Waals surface area (Å²) >= 11 is 0. The standard InChI is InChI=1S/C24H15BFNO/c26-20-13-6-11-18-17-10-7-15-22-23(17)25(28-24(18)20)19-12-4-5-14-21(19)27(22)16-8-2-1-3-9-16/h1-15H. The van der Waals surface area contributed by atoms with Crippen molar-refractivity contribution in [3.05, 3.63) is 96.8 Å². The lowest BCUT2D eigenvalue weighted by Crippen LogP contribution is -2.56. The Morgan fingerprint density at radius 2 is 1.39 bits per heavy atom. The number of anilines is 3. The van der Waals surface area contributed by atoms with E-state index < -0.39 is 0 Å². The summed E-state index contributed by atoms with van der Waals surface area (Å²) in [7, 11) is 0. The van der Waals surface area contributed by atoms with Crippen molar-refractivity contribution in [3.8, 4) is 16.9 Å². The van der Waals surface area contributed by atoms with Gasteiger partial charge >= 0.3 is 6.92 Å². The zero-order valence-electron chi connectivity index (χ0n) is 15.0. The molecule has 0 bridgehead atoms. The fraction of sp³-hybridized carbons (Fsp3) is 0. The molecule has 0 saturated carbocycles. The molecule has 0 aromatic heterocycles. The average Bonchev–Trinajstić information content (AvgIpc) is 2.75. The van der Waals surface area contributed by atoms with E-state index in [2.05, 4.69) is 41.3 Å². The molecule has 0 spiro atoms. The Morgan fingerprint density at radius 1 is 0.679 bits per heavy atom. The highest BCUT2D eigenvalue weighted by Gasteiger charge is 2.42. The molecule has 0 aliphatic carbocycles. The second-order valence-corrected chi connectivity index (χ2v) is 7.08. The van der Waals surface area contributed by atoms with E-state index in [1.807, 2.05) is 42.5 Å². The Labute approximate surface area is 162 Å². The van der Waals surface area contributed by atoms with E-state index in [1.165, 1.54) is 6.07 Å². The normalized spacial score (nSPS) is 13.3. The smallest absolute Gasteiger partial charge is 0.431 e. The third-order valence-electron chi connectivity index (χ3n) is 5.55. The topological polar surface area (TPSA) is 12.5 Å². The van der Waals surface area contributed by atoms with Gasteiger partial charge in [0.15, 0.2) is 5.82 Å². The Morgan fingerprint density at radius 3 is 2.29 bits per heavy atom. The minimum absolute atomic E-state index is 0.323. The molecule has 4 aromatic carbocycles. The average molecular weight is 363 g/mol. The quantitative estimate of drug-likeness (QED) is 0.452. The molecule has 2 heterocycles. The summed E-state index contributed by atoms with van der Waals surface area (Å²) in [6.07, 6.45) is 0. The van der Waals surface area contributed by atoms with Gasteiger partial charge in [-0.05, 0) is 41.4 Å². The van der Waals surface area contributed by atoms with Gasteiger partial charge in [-0.3, -0.25) is 0 Å². The van der Waals surface area contributed by atoms with Crippen LogP contribution in [0.3, 0.4) is 0 Å². The number of benzene rings is 4. The van der Waals surface area contributed by atoms with Gasteiger partial charge in [-0.25, -0.2) is 4.39 Å². The third-order valence-corrected chi connectivity index (χ3v) is 5.55. The maximum Gasteiger partial charge on any atom is 0.431 e. The van der Waals surface area contributed by atoms with Crippen LogP contribution in [0.2, 0.25) is 0 Å². The van der Waals surface area contributed by atoms with Crippen molar-refractivity contribution in [1.82, 2.24) is 0 Å². The van der Waals surface area contributed by atoms with Crippen molar-refractivity contribution in [3.63, 3.8) is 0 Å². The summed E-state index contributed by atoms with van der Waals surface area (Å²) in [6.45, 7) is -0.327. The van der Waals surface area contributed by atoms with Crippen LogP contribution in [0, 0.1) is 5.82 Å². The van der Waals surface area contributed by atoms with E-state index in [1.54, 1.807) is 6.07 Å². The maximum atomic E-state index is 14.6. The lowest BCUT2D eigenvalue weighted by atomic mass is 9.49. The van der Waals surface area contributed by atoms with Crippen LogP contribution in [-0.4, -0.2) is 6.92 Å². The molecule has 0 amide bonds. The van der Waals surface area contributed by atoms with E-state index in [9.17, 15) is 4.39 Å². The second kappa shape index (κ2) is 5.73. The van der Waals surface area contributed by atoms with Gasteiger partial charge in [0.25, 0.3) is 0 Å². The molecule has 28 heavy (non-hydrogen) atoms. The minimum atomic E-state index is -0.327. The largest absolute Gasteiger partial charge is 0.549 e. The monoisotopic (exact) mass is 363 g/mol. The predicted octanol–water partition coefficient (Wildman–Crippen LogP) is 4.77. The zero-order chi connectivity index (χ0) is 18.7. The Hall–Kier alpha value is -3.53. The number of nitrogens with zero attached hydrogens (tertiary/aromatic N) is 1. The molecule has 4 aromatic rings. The van der Waals surface area contributed by atoms with Gasteiger partial charge in [-0.15, -0.1) is 0 Å². The molecule has 4 heteroatoms. The summed E-state index contributed by atoms with van der Waals surface area (Å²) in [6, 6.07) is 29.9. The van der Waals surface area contributed by atoms with Crippen LogP contribution in [0.15, 0.2) is 91.0 Å². The van der Waals surface area contributed by atoms with Crippen molar-refractivity contribution in [1.29, 1.82) is 0 Å². The molecule has 0 unspecified atom stereocenters. The maximum absolute atomic E-state index is 14.6. The minimum Gasteiger partial charge on any atom is -0.549 e. The number of halogens is 1. The number of fused-ring (bicyclic) bond motifs is 4. The fourth-order valence-corrected chi connectivity index (χ4v) is 4.39. The number of hydrogen-bond donors (Lipinski definition) is 0. The zero-order valence-corrected chi connectivity index (χ0v) is 15.0. The van der Waals surface area contributed by atoms with Gasteiger partial charge in [0.2, 0.25) is 0 Å². The third kappa shape index (κ3) is 2.03. The highest BCUT2D eigenvalue weighted by molar-refractivity contribution is 6.85. The van der Waals surface area contributed by atoms with E-state index in [0.29, 0.717) is 5.75 Å². The van der Waals surface area contributed by atoms with E-state index >= 15 is 0 Å². The van der Waals surface area contributed by atoms with Gasteiger partial charge in [-0.2, -0.15) is 0 Å². The lowest BCUT2D eigenvalue weighted by Gasteiger charge is -2.39. The molecule has 0 atom stereocenters. The lowest BCUT2D eigenvalue weighted by molar-refractivity contribution is 0.514. The SMILES string of the molecule is Fc1cccc2c1OB1c3ccccc3N(c3ccccc3)c3cccc-2c31. The fourth-order valence-electron chi connectivity index (χ4n) is 4.39. The predicted molar refractivity (Wildman–Crippen MR) is 112 cm³/mol. The molecule has 0 saturated heterocycles. The first kappa shape index (κ1) is 15.5. The van der Waals surface area contributed by atoms with Crippen LogP contribution in [0.5, 0.6) is 5.75 Å². The molecule has 0 N–H and O–H groups in total. The molecule has 0 fully saturated rings. The second-order valence-electron chi connectivity index (χ2n) is 7.08. The molecule has 2 aliphatic rings. The molecule has 0 radical (unpaired) electrons. The van der Waals surface area contributed by atoms with Crippen molar-refractivity contribution >= 4 is 34.9 Å². The van der Waals surface area contributed by atoms with Crippen LogP contribution in [0.25, 0.3) is 11.1 Å². The number of hydrogen-bond acceptors (Lipinski definition) is 2. The molecular formula is C24H15BFNO. The Kier molecular flexibility index (Phi) is 3.18. The van der Waals surface area contributed by atoms with Crippen molar-refractivity contribution < 1.29 is 9.04 Å². The summed E-state index contributed by atoms with van der Waals surface area (Å²) in [5.74, 6) is 0.0108. The first-order valence-electron chi connectivity index (χ1n) is 9.35. The van der Waals surface area contributed by atoms with Crippen LogP contribution < -0.4 is 20.5 Å². The van der Waals surface area contributed by atoms with Gasteiger partial charge in [0.05, 0.1) is 0 Å². The van der Waals surface area contributed by atoms with Gasteiger partial charge in [0.1, 0.15) is 5.75 Å². The van der Waals surface area contributed by atoms with Crippen LogP contribution in [0.4, 0.5) is 21.5 Å².